The summed E-state index contributed by atoms with van der Waals surface area (Å²) in [5.41, 5.74) is 13.1. The summed E-state index contributed by atoms with van der Waals surface area (Å²) in [7, 11) is 0. The Morgan fingerprint density at radius 2 is 1.88 bits per heavy atom. The number of allylic oxidation sites excluding steroid dienone is 1. The Kier molecular flexibility index (Phi) is 7.69. The second-order valence-corrected chi connectivity index (χ2v) is 9.64. The first-order valence-electron chi connectivity index (χ1n) is 11.6. The predicted molar refractivity (Wildman–Crippen MR) is 138 cm³/mol. The summed E-state index contributed by atoms with van der Waals surface area (Å²) in [6, 6.07) is 9.60. The largest absolute Gasteiger partial charge is 0.402 e. The van der Waals surface area contributed by atoms with Crippen LogP contribution in [0.5, 0.6) is 0 Å². The SMILES string of the molecule is CCN1CCN(c2cc(N=C(N)C=C(C)N)nc(Sc3ccc(NC(=O)C4CC4)cc3)n2)CC1. The van der Waals surface area contributed by atoms with Crippen LogP contribution in [-0.2, 0) is 4.79 Å². The molecule has 1 saturated carbocycles. The van der Waals surface area contributed by atoms with E-state index in [1.807, 2.05) is 30.3 Å². The molecule has 2 aromatic rings. The van der Waals surface area contributed by atoms with Crippen LogP contribution in [0.4, 0.5) is 17.3 Å². The molecule has 2 fully saturated rings. The fourth-order valence-corrected chi connectivity index (χ4v) is 4.42. The Balaban J connectivity index is 1.54. The molecule has 34 heavy (non-hydrogen) atoms. The third-order valence-electron chi connectivity index (χ3n) is 5.72. The van der Waals surface area contributed by atoms with E-state index in [2.05, 4.69) is 32.0 Å². The van der Waals surface area contributed by atoms with E-state index < -0.39 is 0 Å². The number of aliphatic imine (C=N–C) groups is 1. The fraction of sp³-hybridized carbons (Fsp3) is 0.417. The van der Waals surface area contributed by atoms with Crippen LogP contribution in [0.2, 0.25) is 0 Å². The third-order valence-corrected chi connectivity index (χ3v) is 6.59. The summed E-state index contributed by atoms with van der Waals surface area (Å²) < 4.78 is 0. The van der Waals surface area contributed by atoms with E-state index in [1.165, 1.54) is 11.8 Å². The fourth-order valence-electron chi connectivity index (χ4n) is 3.66. The monoisotopic (exact) mass is 480 g/mol. The Morgan fingerprint density at radius 3 is 2.50 bits per heavy atom. The lowest BCUT2D eigenvalue weighted by molar-refractivity contribution is -0.117. The smallest absolute Gasteiger partial charge is 0.227 e. The first-order valence-corrected chi connectivity index (χ1v) is 12.4. The van der Waals surface area contributed by atoms with Gasteiger partial charge in [-0.2, -0.15) is 0 Å². The zero-order chi connectivity index (χ0) is 24.1. The second kappa shape index (κ2) is 10.9. The van der Waals surface area contributed by atoms with Gasteiger partial charge in [0, 0.05) is 54.4 Å². The van der Waals surface area contributed by atoms with E-state index in [-0.39, 0.29) is 11.8 Å². The van der Waals surface area contributed by atoms with Gasteiger partial charge in [-0.15, -0.1) is 0 Å². The van der Waals surface area contributed by atoms with Crippen LogP contribution < -0.4 is 21.7 Å². The Hall–Kier alpha value is -3.11. The lowest BCUT2D eigenvalue weighted by Gasteiger charge is -2.34. The van der Waals surface area contributed by atoms with Crippen molar-refractivity contribution in [2.24, 2.45) is 22.4 Å². The molecule has 0 bridgehead atoms. The van der Waals surface area contributed by atoms with Crippen molar-refractivity contribution in [3.63, 3.8) is 0 Å². The molecule has 0 spiro atoms. The van der Waals surface area contributed by atoms with Crippen LogP contribution in [0.3, 0.4) is 0 Å². The van der Waals surface area contributed by atoms with Gasteiger partial charge in [0.05, 0.1) is 0 Å². The van der Waals surface area contributed by atoms with Crippen molar-refractivity contribution in [1.29, 1.82) is 0 Å². The molecule has 0 radical (unpaired) electrons. The van der Waals surface area contributed by atoms with E-state index in [4.69, 9.17) is 16.5 Å². The molecule has 0 atom stereocenters. The molecule has 10 heteroatoms. The number of aromatic nitrogens is 2. The molecule has 1 aliphatic carbocycles. The van der Waals surface area contributed by atoms with Gasteiger partial charge in [-0.3, -0.25) is 4.79 Å². The van der Waals surface area contributed by atoms with Gasteiger partial charge in [-0.05, 0) is 68.4 Å². The van der Waals surface area contributed by atoms with Gasteiger partial charge < -0.3 is 26.6 Å². The summed E-state index contributed by atoms with van der Waals surface area (Å²) in [4.78, 5) is 31.5. The van der Waals surface area contributed by atoms with Gasteiger partial charge in [0.1, 0.15) is 11.7 Å². The maximum absolute atomic E-state index is 12.0. The van der Waals surface area contributed by atoms with Gasteiger partial charge in [0.15, 0.2) is 11.0 Å². The minimum atomic E-state index is 0.0986. The maximum Gasteiger partial charge on any atom is 0.227 e. The molecular formula is C24H32N8OS. The molecule has 5 N–H and O–H groups in total. The average molecular weight is 481 g/mol. The number of carbonyl (C=O) groups is 1. The number of anilines is 2. The number of nitrogens with two attached hydrogens (primary N) is 2. The lowest BCUT2D eigenvalue weighted by atomic mass is 10.3. The molecule has 9 nitrogen and oxygen atoms in total. The molecule has 180 valence electrons. The van der Waals surface area contributed by atoms with E-state index in [0.29, 0.717) is 22.5 Å². The van der Waals surface area contributed by atoms with Crippen LogP contribution in [-0.4, -0.2) is 59.3 Å². The van der Waals surface area contributed by atoms with E-state index in [0.717, 1.165) is 62.0 Å². The number of piperazine rings is 1. The molecule has 4 rings (SSSR count). The Labute approximate surface area is 204 Å². The molecule has 0 unspecified atom stereocenters. The summed E-state index contributed by atoms with van der Waals surface area (Å²) >= 11 is 1.45. The highest BCUT2D eigenvalue weighted by Crippen LogP contribution is 2.32. The van der Waals surface area contributed by atoms with Gasteiger partial charge in [-0.25, -0.2) is 15.0 Å². The molecular weight excluding hydrogens is 448 g/mol. The standard InChI is InChI=1S/C24H32N8OS/c1-3-31-10-12-32(13-11-31)22-15-21(28-20(26)14-16(2)25)29-24(30-22)34-19-8-6-18(7-9-19)27-23(33)17-4-5-17/h6-9,14-15,17H,3-5,10-13,25H2,1-2H3,(H,27,33)(H2,26,28,29,30). The minimum absolute atomic E-state index is 0.0986. The van der Waals surface area contributed by atoms with Crippen molar-refractivity contribution in [1.82, 2.24) is 14.9 Å². The number of nitrogens with zero attached hydrogens (tertiary/aromatic N) is 5. The summed E-state index contributed by atoms with van der Waals surface area (Å²) in [5.74, 6) is 1.90. The number of hydrogen-bond donors (Lipinski definition) is 3. The quantitative estimate of drug-likeness (QED) is 0.299. The number of carbonyl (C=O) groups excluding carboxylic acids is 1. The molecule has 1 aliphatic heterocycles. The molecule has 2 aliphatic rings. The first-order chi connectivity index (χ1) is 16.4. The highest BCUT2D eigenvalue weighted by atomic mass is 32.2. The number of likely N-dealkylation sites (N-methyl/N-ethyl adjacent to an activating group) is 1. The topological polar surface area (TPSA) is 126 Å². The zero-order valence-corrected chi connectivity index (χ0v) is 20.5. The lowest BCUT2D eigenvalue weighted by Crippen LogP contribution is -2.46. The van der Waals surface area contributed by atoms with Crippen molar-refractivity contribution in [2.45, 2.75) is 36.7 Å². The highest BCUT2D eigenvalue weighted by Gasteiger charge is 2.29. The minimum Gasteiger partial charge on any atom is -0.402 e. The van der Waals surface area contributed by atoms with Crippen LogP contribution in [0, 0.1) is 5.92 Å². The molecule has 1 amide bonds. The van der Waals surface area contributed by atoms with Gasteiger partial charge in [0.25, 0.3) is 0 Å². The molecule has 1 aromatic carbocycles. The Morgan fingerprint density at radius 1 is 1.18 bits per heavy atom. The summed E-state index contributed by atoms with van der Waals surface area (Å²) in [6.45, 7) is 8.77. The second-order valence-electron chi connectivity index (χ2n) is 8.60. The molecule has 1 saturated heterocycles. The number of rotatable bonds is 8. The van der Waals surface area contributed by atoms with Crippen LogP contribution in [0.25, 0.3) is 0 Å². The summed E-state index contributed by atoms with van der Waals surface area (Å²) in [5, 5.41) is 3.55. The normalized spacial score (nSPS) is 17.6. The van der Waals surface area contributed by atoms with E-state index in [1.54, 1.807) is 13.0 Å². The highest BCUT2D eigenvalue weighted by molar-refractivity contribution is 7.99. The van der Waals surface area contributed by atoms with Gasteiger partial charge in [-0.1, -0.05) is 6.92 Å². The van der Waals surface area contributed by atoms with Gasteiger partial charge in [0.2, 0.25) is 5.91 Å². The van der Waals surface area contributed by atoms with Crippen LogP contribution >= 0.6 is 11.8 Å². The Bertz CT molecular complexity index is 1070. The van der Waals surface area contributed by atoms with E-state index in [9.17, 15) is 4.79 Å². The number of amidine groups is 1. The van der Waals surface area contributed by atoms with Crippen molar-refractivity contribution >= 4 is 40.8 Å². The van der Waals surface area contributed by atoms with Crippen molar-refractivity contribution in [3.05, 3.63) is 42.1 Å². The van der Waals surface area contributed by atoms with Crippen LogP contribution in [0.1, 0.15) is 26.7 Å². The van der Waals surface area contributed by atoms with Crippen molar-refractivity contribution in [2.75, 3.05) is 42.9 Å². The van der Waals surface area contributed by atoms with Crippen molar-refractivity contribution in [3.8, 4) is 0 Å². The number of hydrogen-bond acceptors (Lipinski definition) is 8. The van der Waals surface area contributed by atoms with E-state index >= 15 is 0 Å². The van der Waals surface area contributed by atoms with Crippen LogP contribution in [0.15, 0.2) is 57.1 Å². The first kappa shape index (κ1) is 24.0. The number of nitrogens with one attached hydrogen (secondary N) is 1. The average Bonchev–Trinajstić information content (AvgIpc) is 3.65. The predicted octanol–water partition coefficient (Wildman–Crippen LogP) is 2.97. The zero-order valence-electron chi connectivity index (χ0n) is 19.7. The maximum atomic E-state index is 12.0. The molecule has 2 heterocycles. The van der Waals surface area contributed by atoms with Crippen molar-refractivity contribution < 1.29 is 4.79 Å². The van der Waals surface area contributed by atoms with Gasteiger partial charge >= 0.3 is 0 Å². The third kappa shape index (κ3) is 6.71. The molecule has 1 aromatic heterocycles. The number of amides is 1. The number of benzene rings is 1. The summed E-state index contributed by atoms with van der Waals surface area (Å²) in [6.07, 6.45) is 3.58.